The molecule has 0 saturated carbocycles. The fourth-order valence-corrected chi connectivity index (χ4v) is 3.05. The van der Waals surface area contributed by atoms with Gasteiger partial charge in [0.2, 0.25) is 0 Å². The Labute approximate surface area is 177 Å². The van der Waals surface area contributed by atoms with E-state index in [0.29, 0.717) is 6.04 Å². The smallest absolute Gasteiger partial charge is 0.191 e. The van der Waals surface area contributed by atoms with E-state index >= 15 is 0 Å². The normalized spacial score (nSPS) is 16.7. The Morgan fingerprint density at radius 2 is 2.07 bits per heavy atom. The lowest BCUT2D eigenvalue weighted by Gasteiger charge is -2.31. The van der Waals surface area contributed by atoms with Crippen molar-refractivity contribution in [1.29, 1.82) is 0 Å². The summed E-state index contributed by atoms with van der Waals surface area (Å²) in [6, 6.07) is 6.33. The van der Waals surface area contributed by atoms with Crippen molar-refractivity contribution in [1.82, 2.24) is 30.1 Å². The predicted molar refractivity (Wildman–Crippen MR) is 118 cm³/mol. The third kappa shape index (κ3) is 6.28. The van der Waals surface area contributed by atoms with E-state index in [-0.39, 0.29) is 24.0 Å². The maximum absolute atomic E-state index is 5.42. The predicted octanol–water partition coefficient (Wildman–Crippen LogP) is 1.17. The summed E-state index contributed by atoms with van der Waals surface area (Å²) in [6.07, 6.45) is 2.78. The molecule has 150 valence electrons. The SMILES string of the molecule is CCNC(=NCC(C)N1CCOCC1)NCCc1nnc2ccccn12.I. The number of morpholine rings is 1. The summed E-state index contributed by atoms with van der Waals surface area (Å²) in [5.41, 5.74) is 0.877. The Hall–Kier alpha value is -1.46. The lowest BCUT2D eigenvalue weighted by molar-refractivity contribution is 0.0220. The van der Waals surface area contributed by atoms with Crippen molar-refractivity contribution in [3.63, 3.8) is 0 Å². The van der Waals surface area contributed by atoms with E-state index in [0.717, 1.165) is 69.8 Å². The Balaban J connectivity index is 0.00000261. The zero-order valence-electron chi connectivity index (χ0n) is 16.1. The number of ether oxygens (including phenoxy) is 1. The highest BCUT2D eigenvalue weighted by molar-refractivity contribution is 14.0. The molecule has 2 aromatic heterocycles. The molecule has 1 aliphatic rings. The second kappa shape index (κ2) is 11.4. The van der Waals surface area contributed by atoms with Crippen molar-refractivity contribution in [2.75, 3.05) is 45.9 Å². The van der Waals surface area contributed by atoms with Gasteiger partial charge in [-0.15, -0.1) is 34.2 Å². The molecule has 0 radical (unpaired) electrons. The summed E-state index contributed by atoms with van der Waals surface area (Å²) in [5, 5.41) is 15.2. The van der Waals surface area contributed by atoms with Crippen LogP contribution in [0.1, 0.15) is 19.7 Å². The summed E-state index contributed by atoms with van der Waals surface area (Å²) in [4.78, 5) is 7.17. The van der Waals surface area contributed by atoms with Crippen LogP contribution < -0.4 is 10.6 Å². The number of fused-ring (bicyclic) bond motifs is 1. The van der Waals surface area contributed by atoms with Gasteiger partial charge in [-0.3, -0.25) is 14.3 Å². The molecule has 27 heavy (non-hydrogen) atoms. The fourth-order valence-electron chi connectivity index (χ4n) is 3.05. The van der Waals surface area contributed by atoms with Gasteiger partial charge in [0.15, 0.2) is 11.6 Å². The third-order valence-electron chi connectivity index (χ3n) is 4.55. The first kappa shape index (κ1) is 21.8. The number of pyridine rings is 1. The van der Waals surface area contributed by atoms with Crippen LogP contribution >= 0.6 is 24.0 Å². The van der Waals surface area contributed by atoms with Gasteiger partial charge in [0.25, 0.3) is 0 Å². The Morgan fingerprint density at radius 1 is 1.26 bits per heavy atom. The van der Waals surface area contributed by atoms with E-state index in [1.54, 1.807) is 0 Å². The molecule has 3 heterocycles. The zero-order valence-corrected chi connectivity index (χ0v) is 18.4. The number of halogens is 1. The summed E-state index contributed by atoms with van der Waals surface area (Å²) in [7, 11) is 0. The second-order valence-corrected chi connectivity index (χ2v) is 6.44. The number of aromatic nitrogens is 3. The average Bonchev–Trinajstić information content (AvgIpc) is 3.10. The minimum absolute atomic E-state index is 0. The Bertz CT molecular complexity index is 715. The monoisotopic (exact) mass is 487 g/mol. The number of nitrogens with one attached hydrogen (secondary N) is 2. The summed E-state index contributed by atoms with van der Waals surface area (Å²) >= 11 is 0. The molecule has 1 atom stereocenters. The number of nitrogens with zero attached hydrogens (tertiary/aromatic N) is 5. The van der Waals surface area contributed by atoms with E-state index < -0.39 is 0 Å². The van der Waals surface area contributed by atoms with Crippen molar-refractivity contribution in [3.05, 3.63) is 30.2 Å². The first-order chi connectivity index (χ1) is 12.8. The number of aliphatic imine (C=N–C) groups is 1. The maximum Gasteiger partial charge on any atom is 0.191 e. The topological polar surface area (TPSA) is 79.1 Å². The van der Waals surface area contributed by atoms with Crippen molar-refractivity contribution in [2.45, 2.75) is 26.3 Å². The van der Waals surface area contributed by atoms with Crippen molar-refractivity contribution in [2.24, 2.45) is 4.99 Å². The first-order valence-electron chi connectivity index (χ1n) is 9.40. The summed E-state index contributed by atoms with van der Waals surface area (Å²) < 4.78 is 7.44. The van der Waals surface area contributed by atoms with E-state index in [9.17, 15) is 0 Å². The van der Waals surface area contributed by atoms with Gasteiger partial charge < -0.3 is 15.4 Å². The van der Waals surface area contributed by atoms with Crippen LogP contribution in [0.15, 0.2) is 29.4 Å². The van der Waals surface area contributed by atoms with Crippen LogP contribution in [0.3, 0.4) is 0 Å². The van der Waals surface area contributed by atoms with Crippen molar-refractivity contribution in [3.8, 4) is 0 Å². The molecule has 1 aliphatic heterocycles. The van der Waals surface area contributed by atoms with Crippen LogP contribution in [0.2, 0.25) is 0 Å². The highest BCUT2D eigenvalue weighted by Crippen LogP contribution is 2.04. The lowest BCUT2D eigenvalue weighted by Crippen LogP contribution is -2.44. The van der Waals surface area contributed by atoms with Crippen LogP contribution in [0.25, 0.3) is 5.65 Å². The molecule has 1 fully saturated rings. The maximum atomic E-state index is 5.42. The van der Waals surface area contributed by atoms with Gasteiger partial charge in [0.1, 0.15) is 5.82 Å². The molecule has 1 saturated heterocycles. The largest absolute Gasteiger partial charge is 0.379 e. The Morgan fingerprint density at radius 3 is 2.85 bits per heavy atom. The molecule has 2 N–H and O–H groups in total. The molecule has 0 aliphatic carbocycles. The minimum Gasteiger partial charge on any atom is -0.379 e. The molecule has 3 rings (SSSR count). The van der Waals surface area contributed by atoms with Crippen LogP contribution in [0.4, 0.5) is 0 Å². The molecule has 9 heteroatoms. The minimum atomic E-state index is 0. The first-order valence-corrected chi connectivity index (χ1v) is 9.40. The molecular formula is C18H30IN7O. The molecule has 1 unspecified atom stereocenters. The van der Waals surface area contributed by atoms with Gasteiger partial charge in [-0.1, -0.05) is 6.07 Å². The fraction of sp³-hybridized carbons (Fsp3) is 0.611. The van der Waals surface area contributed by atoms with E-state index in [4.69, 9.17) is 9.73 Å². The van der Waals surface area contributed by atoms with Crippen LogP contribution in [-0.4, -0.2) is 77.4 Å². The van der Waals surface area contributed by atoms with Crippen LogP contribution in [0, 0.1) is 0 Å². The highest BCUT2D eigenvalue weighted by Gasteiger charge is 2.16. The standard InChI is InChI=1S/C18H29N7O.HI/c1-3-19-18(21-14-15(2)24-10-12-26-13-11-24)20-8-7-17-23-22-16-6-4-5-9-25(16)17;/h4-6,9,15H,3,7-8,10-14H2,1-2H3,(H2,19,20,21);1H. The lowest BCUT2D eigenvalue weighted by atomic mass is 10.2. The Kier molecular flexibility index (Phi) is 9.22. The molecule has 0 aromatic carbocycles. The summed E-state index contributed by atoms with van der Waals surface area (Å²) in [5.74, 6) is 1.80. The summed E-state index contributed by atoms with van der Waals surface area (Å²) in [6.45, 7) is 10.3. The molecule has 0 spiro atoms. The number of guanidine groups is 1. The van der Waals surface area contributed by atoms with E-state index in [1.807, 2.05) is 28.8 Å². The second-order valence-electron chi connectivity index (χ2n) is 6.44. The third-order valence-corrected chi connectivity index (χ3v) is 4.55. The van der Waals surface area contributed by atoms with Crippen molar-refractivity contribution >= 4 is 35.6 Å². The van der Waals surface area contributed by atoms with Gasteiger partial charge in [-0.2, -0.15) is 0 Å². The van der Waals surface area contributed by atoms with E-state index in [2.05, 4.69) is 39.6 Å². The van der Waals surface area contributed by atoms with Crippen molar-refractivity contribution < 1.29 is 4.74 Å². The number of hydrogen-bond acceptors (Lipinski definition) is 5. The van der Waals surface area contributed by atoms with Crippen LogP contribution in [-0.2, 0) is 11.2 Å². The molecule has 0 amide bonds. The molecule has 8 nitrogen and oxygen atoms in total. The van der Waals surface area contributed by atoms with Gasteiger partial charge >= 0.3 is 0 Å². The quantitative estimate of drug-likeness (QED) is 0.347. The van der Waals surface area contributed by atoms with Gasteiger partial charge in [0.05, 0.1) is 19.8 Å². The van der Waals surface area contributed by atoms with Gasteiger partial charge in [-0.05, 0) is 26.0 Å². The molecule has 0 bridgehead atoms. The molecular weight excluding hydrogens is 457 g/mol. The highest BCUT2D eigenvalue weighted by atomic mass is 127. The van der Waals surface area contributed by atoms with Gasteiger partial charge in [-0.25, -0.2) is 0 Å². The molecule has 2 aromatic rings. The average molecular weight is 487 g/mol. The number of hydrogen-bond donors (Lipinski definition) is 2. The van der Waals surface area contributed by atoms with E-state index in [1.165, 1.54) is 0 Å². The van der Waals surface area contributed by atoms with Crippen LogP contribution in [0.5, 0.6) is 0 Å². The number of rotatable bonds is 7. The zero-order chi connectivity index (χ0) is 18.2. The van der Waals surface area contributed by atoms with Gasteiger partial charge in [0, 0.05) is 44.8 Å².